The maximum atomic E-state index is 13.1. The van der Waals surface area contributed by atoms with Gasteiger partial charge in [-0.15, -0.1) is 24.9 Å². The van der Waals surface area contributed by atoms with Crippen molar-refractivity contribution >= 4 is 35.1 Å². The summed E-state index contributed by atoms with van der Waals surface area (Å²) in [6, 6.07) is 8.74. The predicted molar refractivity (Wildman–Crippen MR) is 122 cm³/mol. The van der Waals surface area contributed by atoms with Crippen LogP contribution in [0, 0.1) is 0 Å². The molecule has 6 nitrogen and oxygen atoms in total. The Morgan fingerprint density at radius 1 is 1.11 bits per heavy atom. The van der Waals surface area contributed by atoms with E-state index in [-0.39, 0.29) is 22.3 Å². The second-order valence-corrected chi connectivity index (χ2v) is 9.41. The van der Waals surface area contributed by atoms with Crippen molar-refractivity contribution in [3.63, 3.8) is 0 Å². The highest BCUT2D eigenvalue weighted by Gasteiger charge is 2.32. The van der Waals surface area contributed by atoms with Crippen molar-refractivity contribution in [3.05, 3.63) is 70.1 Å². The normalized spacial score (nSPS) is 13.4. The zero-order chi connectivity index (χ0) is 26.1. The first-order valence-electron chi connectivity index (χ1n) is 10.2. The van der Waals surface area contributed by atoms with Gasteiger partial charge in [-0.25, -0.2) is 4.98 Å². The monoisotopic (exact) mass is 547 g/mol. The number of alkyl halides is 6. The zero-order valence-electron chi connectivity index (χ0n) is 17.9. The van der Waals surface area contributed by atoms with Crippen molar-refractivity contribution in [2.24, 2.45) is 0 Å². The Morgan fingerprint density at radius 3 is 2.50 bits per heavy atom. The largest absolute Gasteiger partial charge is 0.573 e. The van der Waals surface area contributed by atoms with Gasteiger partial charge in [0.1, 0.15) is 5.75 Å². The Morgan fingerprint density at radius 2 is 1.83 bits per heavy atom. The van der Waals surface area contributed by atoms with Crippen molar-refractivity contribution in [1.82, 2.24) is 9.55 Å². The van der Waals surface area contributed by atoms with Gasteiger partial charge in [-0.1, -0.05) is 17.8 Å². The van der Waals surface area contributed by atoms with Crippen LogP contribution in [0.2, 0.25) is 0 Å². The second kappa shape index (κ2) is 10.1. The highest BCUT2D eigenvalue weighted by Crippen LogP contribution is 2.32. The van der Waals surface area contributed by atoms with Gasteiger partial charge in [0.05, 0.1) is 27.6 Å². The third-order valence-corrected chi connectivity index (χ3v) is 6.85. The van der Waals surface area contributed by atoms with Gasteiger partial charge in [0, 0.05) is 17.9 Å². The summed E-state index contributed by atoms with van der Waals surface area (Å²) in [5, 5.41) is 2.49. The molecule has 1 aromatic heterocycles. The molecule has 2 aromatic carbocycles. The fourth-order valence-electron chi connectivity index (χ4n) is 3.31. The Labute approximate surface area is 208 Å². The van der Waals surface area contributed by atoms with Gasteiger partial charge in [0.15, 0.2) is 5.16 Å². The topological polar surface area (TPSA) is 73.2 Å². The first-order chi connectivity index (χ1) is 16.9. The summed E-state index contributed by atoms with van der Waals surface area (Å²) in [4.78, 5) is 30.4. The fraction of sp³-hybridized carbons (Fsp3) is 0.227. The zero-order valence-corrected chi connectivity index (χ0v) is 19.6. The van der Waals surface area contributed by atoms with Crippen LogP contribution in [0.15, 0.2) is 63.4 Å². The number of hydrogen-bond donors (Lipinski definition) is 1. The lowest BCUT2D eigenvalue weighted by Gasteiger charge is -2.15. The number of carbonyl (C=O) groups excluding carboxylic acids is 1. The fourth-order valence-corrected chi connectivity index (χ4v) is 5.17. The smallest absolute Gasteiger partial charge is 0.406 e. The summed E-state index contributed by atoms with van der Waals surface area (Å²) in [6.45, 7) is 0. The average molecular weight is 548 g/mol. The van der Waals surface area contributed by atoms with Gasteiger partial charge in [0.2, 0.25) is 5.91 Å². The van der Waals surface area contributed by atoms with Crippen molar-refractivity contribution in [2.45, 2.75) is 29.0 Å². The molecule has 0 radical (unpaired) electrons. The van der Waals surface area contributed by atoms with E-state index in [1.54, 1.807) is 0 Å². The first kappa shape index (κ1) is 25.9. The van der Waals surface area contributed by atoms with E-state index in [4.69, 9.17) is 0 Å². The number of halogens is 6. The second-order valence-electron chi connectivity index (χ2n) is 7.37. The van der Waals surface area contributed by atoms with E-state index in [1.165, 1.54) is 34.5 Å². The molecule has 4 rings (SSSR count). The van der Waals surface area contributed by atoms with Crippen LogP contribution in [-0.4, -0.2) is 33.3 Å². The molecule has 0 saturated heterocycles. The summed E-state index contributed by atoms with van der Waals surface area (Å²) in [6.07, 6.45) is -8.92. The Kier molecular flexibility index (Phi) is 7.27. The number of nitrogens with one attached hydrogen (secondary N) is 1. The maximum Gasteiger partial charge on any atom is 0.573 e. The van der Waals surface area contributed by atoms with E-state index in [1.807, 2.05) is 0 Å². The quantitative estimate of drug-likeness (QED) is 0.249. The minimum absolute atomic E-state index is 0.0496. The van der Waals surface area contributed by atoms with Crippen LogP contribution in [-0.2, 0) is 17.4 Å². The molecule has 0 saturated carbocycles. The van der Waals surface area contributed by atoms with E-state index < -0.39 is 35.3 Å². The minimum Gasteiger partial charge on any atom is -0.406 e. The van der Waals surface area contributed by atoms with Gasteiger partial charge >= 0.3 is 12.5 Å². The molecule has 1 aliphatic heterocycles. The molecule has 1 aliphatic rings. The van der Waals surface area contributed by atoms with E-state index in [0.717, 1.165) is 42.1 Å². The van der Waals surface area contributed by atoms with Gasteiger partial charge in [-0.2, -0.15) is 13.2 Å². The van der Waals surface area contributed by atoms with Crippen LogP contribution in [0.4, 0.5) is 32.0 Å². The molecule has 0 aliphatic carbocycles. The van der Waals surface area contributed by atoms with E-state index in [0.29, 0.717) is 22.8 Å². The number of nitrogens with zero attached hydrogens (tertiary/aromatic N) is 2. The maximum absolute atomic E-state index is 13.1. The third kappa shape index (κ3) is 6.16. The van der Waals surface area contributed by atoms with Crippen molar-refractivity contribution in [1.29, 1.82) is 0 Å². The van der Waals surface area contributed by atoms with Crippen LogP contribution in [0.5, 0.6) is 5.75 Å². The van der Waals surface area contributed by atoms with E-state index >= 15 is 0 Å². The molecular weight excluding hydrogens is 532 g/mol. The van der Waals surface area contributed by atoms with E-state index in [9.17, 15) is 35.9 Å². The Balaban J connectivity index is 1.57. The number of thioether (sulfide) groups is 2. The molecule has 190 valence electrons. The predicted octanol–water partition coefficient (Wildman–Crippen LogP) is 5.53. The summed E-state index contributed by atoms with van der Waals surface area (Å²) < 4.78 is 81.2. The van der Waals surface area contributed by atoms with Crippen molar-refractivity contribution in [3.8, 4) is 11.4 Å². The van der Waals surface area contributed by atoms with Gasteiger partial charge in [-0.05, 0) is 42.5 Å². The number of hydrogen-bond acceptors (Lipinski definition) is 6. The molecule has 14 heteroatoms. The number of aryl methyl sites for hydroxylation is 1. The summed E-state index contributed by atoms with van der Waals surface area (Å²) in [7, 11) is 0. The molecule has 1 N–H and O–H groups in total. The van der Waals surface area contributed by atoms with Crippen LogP contribution in [0.1, 0.15) is 11.3 Å². The van der Waals surface area contributed by atoms with Gasteiger partial charge < -0.3 is 10.1 Å². The van der Waals surface area contributed by atoms with Crippen LogP contribution in [0.3, 0.4) is 0 Å². The highest BCUT2D eigenvalue weighted by atomic mass is 32.2. The van der Waals surface area contributed by atoms with Crippen LogP contribution >= 0.6 is 23.5 Å². The Bertz CT molecular complexity index is 1340. The van der Waals surface area contributed by atoms with Crippen LogP contribution < -0.4 is 15.6 Å². The van der Waals surface area contributed by atoms with Crippen molar-refractivity contribution in [2.75, 3.05) is 16.8 Å². The lowest BCUT2D eigenvalue weighted by molar-refractivity contribution is -0.274. The van der Waals surface area contributed by atoms with Gasteiger partial charge in [-0.3, -0.25) is 14.2 Å². The molecule has 1 amide bonds. The summed E-state index contributed by atoms with van der Waals surface area (Å²) in [5.74, 6) is -0.773. The number of fused-ring (bicyclic) bond motifs is 1. The Hall–Kier alpha value is -3.13. The number of rotatable bonds is 6. The molecule has 0 unspecified atom stereocenters. The first-order valence-corrected chi connectivity index (χ1v) is 12.1. The minimum atomic E-state index is -4.88. The lowest BCUT2D eigenvalue weighted by atomic mass is 10.2. The molecule has 3 aromatic rings. The van der Waals surface area contributed by atoms with Crippen LogP contribution in [0.25, 0.3) is 5.69 Å². The molecule has 0 atom stereocenters. The third-order valence-electron chi connectivity index (χ3n) is 4.80. The number of ether oxygens (including phenoxy) is 1. The number of anilines is 1. The SMILES string of the molecule is O=C(CSc1nc2c(c(=O)n1-c1ccc(OC(F)(F)F)cc1)SCC2)Nc1cccc(C(F)(F)F)c1. The number of carbonyl (C=O) groups is 1. The summed E-state index contributed by atoms with van der Waals surface area (Å²) >= 11 is 2.17. The molecule has 0 fully saturated rings. The molecule has 2 heterocycles. The average Bonchev–Trinajstić information content (AvgIpc) is 3.26. The standard InChI is InChI=1S/C22H15F6N3O3S2/c23-21(24,25)12-2-1-3-13(10-12)29-17(32)11-36-20-30-16-8-9-35-18(16)19(33)31(20)14-4-6-15(7-5-14)34-22(26,27)28/h1-7,10H,8-9,11H2,(H,29,32). The lowest BCUT2D eigenvalue weighted by Crippen LogP contribution is -2.25. The van der Waals surface area contributed by atoms with Crippen molar-refractivity contribution < 1.29 is 35.9 Å². The van der Waals surface area contributed by atoms with E-state index in [2.05, 4.69) is 15.0 Å². The molecule has 0 spiro atoms. The number of aromatic nitrogens is 2. The van der Waals surface area contributed by atoms with Gasteiger partial charge in [0.25, 0.3) is 5.56 Å². The molecular formula is C22H15F6N3O3S2. The summed E-state index contributed by atoms with van der Waals surface area (Å²) in [5.41, 5.74) is -0.658. The highest BCUT2D eigenvalue weighted by molar-refractivity contribution is 8.00. The number of benzene rings is 2. The molecule has 36 heavy (non-hydrogen) atoms. The number of amides is 1. The molecule has 0 bridgehead atoms.